The molecule has 0 saturated heterocycles. The number of Topliss-reactive ketones (excluding diaryl/α,β-unsaturated/α-hetero) is 1. The van der Waals surface area contributed by atoms with E-state index in [-0.39, 0.29) is 5.78 Å². The van der Waals surface area contributed by atoms with E-state index in [0.717, 1.165) is 0 Å². The fourth-order valence-corrected chi connectivity index (χ4v) is 2.95. The van der Waals surface area contributed by atoms with Gasteiger partial charge in [-0.05, 0) is 42.8 Å². The van der Waals surface area contributed by atoms with Gasteiger partial charge in [-0.15, -0.1) is 0 Å². The highest BCUT2D eigenvalue weighted by atomic mass is 16.5. The van der Waals surface area contributed by atoms with E-state index in [1.54, 1.807) is 48.1 Å². The Morgan fingerprint density at radius 3 is 2.43 bits per heavy atom. The molecule has 2 aromatic rings. The van der Waals surface area contributed by atoms with Gasteiger partial charge in [0.15, 0.2) is 0 Å². The Morgan fingerprint density at radius 2 is 1.83 bits per heavy atom. The highest BCUT2D eigenvalue weighted by Crippen LogP contribution is 2.32. The zero-order chi connectivity index (χ0) is 16.6. The van der Waals surface area contributed by atoms with Gasteiger partial charge in [-0.2, -0.15) is 0 Å². The zero-order valence-electron chi connectivity index (χ0n) is 12.5. The molecule has 118 valence electrons. The number of ketones is 2. The minimum Gasteiger partial charge on any atom is -0.497 e. The molecule has 2 heterocycles. The van der Waals surface area contributed by atoms with Crippen LogP contribution in [0, 0.1) is 0 Å². The third kappa shape index (κ3) is 2.52. The Bertz CT molecular complexity index is 788. The molecule has 6 heteroatoms. The van der Waals surface area contributed by atoms with Gasteiger partial charge in [-0.25, -0.2) is 4.79 Å². The number of hydrogen-bond donors (Lipinski definition) is 1. The standard InChI is InChI=1S/C17H15NO5/c1-23-11-4-2-10(3-5-11)15(19)14-7-6-13-12(8-9-18(13)14)16(20)17(21)22/h2-7,12H,8-9H2,1H3,(H,21,22). The van der Waals surface area contributed by atoms with E-state index in [2.05, 4.69) is 0 Å². The summed E-state index contributed by atoms with van der Waals surface area (Å²) in [6.07, 6.45) is 0.407. The largest absolute Gasteiger partial charge is 0.497 e. The summed E-state index contributed by atoms with van der Waals surface area (Å²) in [4.78, 5) is 35.2. The van der Waals surface area contributed by atoms with Crippen LogP contribution in [0.3, 0.4) is 0 Å². The quantitative estimate of drug-likeness (QED) is 0.673. The van der Waals surface area contributed by atoms with Crippen LogP contribution in [0.4, 0.5) is 0 Å². The number of nitrogens with zero attached hydrogens (tertiary/aromatic N) is 1. The number of carboxylic acid groups (broad SMARTS) is 1. The first-order valence-electron chi connectivity index (χ1n) is 7.18. The molecule has 0 bridgehead atoms. The number of aliphatic carboxylic acids is 1. The topological polar surface area (TPSA) is 85.6 Å². The van der Waals surface area contributed by atoms with Gasteiger partial charge in [0.25, 0.3) is 0 Å². The van der Waals surface area contributed by atoms with Crippen molar-refractivity contribution in [1.82, 2.24) is 4.57 Å². The number of benzene rings is 1. The lowest BCUT2D eigenvalue weighted by Crippen LogP contribution is -2.19. The molecular formula is C17H15NO5. The van der Waals surface area contributed by atoms with Crippen molar-refractivity contribution < 1.29 is 24.2 Å². The molecule has 3 rings (SSSR count). The van der Waals surface area contributed by atoms with Gasteiger partial charge in [0.1, 0.15) is 5.75 Å². The highest BCUT2D eigenvalue weighted by Gasteiger charge is 2.34. The third-order valence-electron chi connectivity index (χ3n) is 4.12. The lowest BCUT2D eigenvalue weighted by Gasteiger charge is -2.06. The van der Waals surface area contributed by atoms with E-state index in [4.69, 9.17) is 9.84 Å². The molecule has 0 spiro atoms. The van der Waals surface area contributed by atoms with Crippen molar-refractivity contribution in [3.8, 4) is 5.75 Å². The van der Waals surface area contributed by atoms with Gasteiger partial charge >= 0.3 is 5.97 Å². The number of carboxylic acids is 1. The maximum absolute atomic E-state index is 12.6. The highest BCUT2D eigenvalue weighted by molar-refractivity contribution is 6.35. The Hall–Kier alpha value is -2.89. The van der Waals surface area contributed by atoms with Gasteiger partial charge in [-0.1, -0.05) is 0 Å². The Labute approximate surface area is 132 Å². The van der Waals surface area contributed by atoms with Crippen LogP contribution in [0.25, 0.3) is 0 Å². The second-order valence-electron chi connectivity index (χ2n) is 5.36. The predicted octanol–water partition coefficient (Wildman–Crippen LogP) is 1.87. The van der Waals surface area contributed by atoms with Crippen molar-refractivity contribution in [2.24, 2.45) is 0 Å². The summed E-state index contributed by atoms with van der Waals surface area (Å²) in [5, 5.41) is 8.87. The number of rotatable bonds is 5. The number of carbonyl (C=O) groups is 3. The molecule has 0 saturated carbocycles. The van der Waals surface area contributed by atoms with E-state index < -0.39 is 17.7 Å². The van der Waals surface area contributed by atoms with E-state index in [1.165, 1.54) is 0 Å². The molecule has 0 fully saturated rings. The summed E-state index contributed by atoms with van der Waals surface area (Å²) < 4.78 is 6.80. The summed E-state index contributed by atoms with van der Waals surface area (Å²) in [6, 6.07) is 10.1. The molecule has 1 aliphatic heterocycles. The molecule has 0 amide bonds. The van der Waals surface area contributed by atoms with Crippen LogP contribution in [0.2, 0.25) is 0 Å². The van der Waals surface area contributed by atoms with Gasteiger partial charge in [0.2, 0.25) is 11.6 Å². The number of ether oxygens (including phenoxy) is 1. The first-order chi connectivity index (χ1) is 11.0. The van der Waals surface area contributed by atoms with Crippen molar-refractivity contribution in [2.75, 3.05) is 7.11 Å². The first kappa shape index (κ1) is 15.0. The SMILES string of the molecule is COc1ccc(C(=O)c2ccc3n2CCC3C(=O)C(=O)O)cc1. The molecule has 1 unspecified atom stereocenters. The van der Waals surface area contributed by atoms with Crippen LogP contribution >= 0.6 is 0 Å². The molecule has 0 radical (unpaired) electrons. The summed E-state index contributed by atoms with van der Waals surface area (Å²) in [7, 11) is 1.55. The minimum atomic E-state index is -1.44. The predicted molar refractivity (Wildman–Crippen MR) is 80.9 cm³/mol. The smallest absolute Gasteiger partial charge is 0.372 e. The second kappa shape index (κ2) is 5.72. The maximum Gasteiger partial charge on any atom is 0.372 e. The molecule has 6 nitrogen and oxygen atoms in total. The molecule has 1 aromatic heterocycles. The lowest BCUT2D eigenvalue weighted by molar-refractivity contribution is -0.149. The molecule has 1 atom stereocenters. The van der Waals surface area contributed by atoms with E-state index in [9.17, 15) is 14.4 Å². The molecule has 23 heavy (non-hydrogen) atoms. The van der Waals surface area contributed by atoms with Crippen LogP contribution in [0.5, 0.6) is 5.75 Å². The number of carbonyl (C=O) groups excluding carboxylic acids is 2. The van der Waals surface area contributed by atoms with Crippen LogP contribution in [0.1, 0.15) is 34.1 Å². The summed E-state index contributed by atoms with van der Waals surface area (Å²) in [5.74, 6) is -2.45. The van der Waals surface area contributed by atoms with E-state index in [0.29, 0.717) is 35.7 Å². The van der Waals surface area contributed by atoms with Crippen LogP contribution in [0.15, 0.2) is 36.4 Å². The van der Waals surface area contributed by atoms with Crippen LogP contribution in [-0.4, -0.2) is 34.3 Å². The monoisotopic (exact) mass is 313 g/mol. The normalized spacial score (nSPS) is 16.0. The Morgan fingerprint density at radius 1 is 1.13 bits per heavy atom. The summed E-state index contributed by atoms with van der Waals surface area (Å²) in [5.41, 5.74) is 1.57. The van der Waals surface area contributed by atoms with Crippen LogP contribution < -0.4 is 4.74 Å². The van der Waals surface area contributed by atoms with Crippen molar-refractivity contribution in [3.05, 3.63) is 53.3 Å². The van der Waals surface area contributed by atoms with Crippen molar-refractivity contribution in [2.45, 2.75) is 18.9 Å². The average molecular weight is 313 g/mol. The van der Waals surface area contributed by atoms with Crippen molar-refractivity contribution in [3.63, 3.8) is 0 Å². The first-order valence-corrected chi connectivity index (χ1v) is 7.18. The van der Waals surface area contributed by atoms with Gasteiger partial charge < -0.3 is 14.4 Å². The van der Waals surface area contributed by atoms with Crippen molar-refractivity contribution in [1.29, 1.82) is 0 Å². The molecule has 0 aliphatic carbocycles. The van der Waals surface area contributed by atoms with E-state index in [1.807, 2.05) is 0 Å². The summed E-state index contributed by atoms with van der Waals surface area (Å²) in [6.45, 7) is 0.462. The number of fused-ring (bicyclic) bond motifs is 1. The van der Waals surface area contributed by atoms with Gasteiger partial charge in [0, 0.05) is 17.8 Å². The lowest BCUT2D eigenvalue weighted by atomic mass is 9.99. The second-order valence-corrected chi connectivity index (χ2v) is 5.36. The molecule has 1 N–H and O–H groups in total. The fraction of sp³-hybridized carbons (Fsp3) is 0.235. The molecular weight excluding hydrogens is 298 g/mol. The summed E-state index contributed by atoms with van der Waals surface area (Å²) >= 11 is 0. The maximum atomic E-state index is 12.6. The number of hydrogen-bond acceptors (Lipinski definition) is 4. The Balaban J connectivity index is 1.91. The Kier molecular flexibility index (Phi) is 3.73. The minimum absolute atomic E-state index is 0.165. The number of aromatic nitrogens is 1. The van der Waals surface area contributed by atoms with Gasteiger partial charge in [0.05, 0.1) is 18.7 Å². The van der Waals surface area contributed by atoms with Crippen LogP contribution in [-0.2, 0) is 16.1 Å². The molecule has 1 aromatic carbocycles. The van der Waals surface area contributed by atoms with Gasteiger partial charge in [-0.3, -0.25) is 9.59 Å². The third-order valence-corrected chi connectivity index (χ3v) is 4.12. The number of methoxy groups -OCH3 is 1. The fourth-order valence-electron chi connectivity index (χ4n) is 2.95. The van der Waals surface area contributed by atoms with Crippen molar-refractivity contribution >= 4 is 17.5 Å². The zero-order valence-corrected chi connectivity index (χ0v) is 12.5. The van der Waals surface area contributed by atoms with E-state index >= 15 is 0 Å². The molecule has 1 aliphatic rings. The average Bonchev–Trinajstić information content (AvgIpc) is 3.15.